The normalized spacial score (nSPS) is 10.9. The smallest absolute Gasteiger partial charge is 0.255 e. The fraction of sp³-hybridized carbons (Fsp3) is 0.0833. The first-order chi connectivity index (χ1) is 14.8. The van der Waals surface area contributed by atoms with Crippen LogP contribution >= 0.6 is 0 Å². The average Bonchev–Trinajstić information content (AvgIpc) is 2.77. The van der Waals surface area contributed by atoms with Crippen molar-refractivity contribution in [1.82, 2.24) is 0 Å². The molecule has 7 heteroatoms. The predicted octanol–water partition coefficient (Wildman–Crippen LogP) is 4.12. The van der Waals surface area contributed by atoms with Gasteiger partial charge in [-0.3, -0.25) is 13.9 Å². The monoisotopic (exact) mass is 434 g/mol. The number of anilines is 2. The van der Waals surface area contributed by atoms with Crippen molar-refractivity contribution in [3.05, 3.63) is 108 Å². The number of nitrogens with zero attached hydrogens (tertiary/aromatic N) is 1. The van der Waals surface area contributed by atoms with E-state index in [0.717, 1.165) is 6.26 Å². The Hall–Kier alpha value is -3.71. The minimum atomic E-state index is -3.48. The van der Waals surface area contributed by atoms with Gasteiger partial charge in [-0.15, -0.1) is 6.58 Å². The van der Waals surface area contributed by atoms with E-state index in [-0.39, 0.29) is 12.3 Å². The second-order valence-electron chi connectivity index (χ2n) is 6.82. The fourth-order valence-electron chi connectivity index (χ4n) is 3.06. The molecule has 3 aromatic carbocycles. The Kier molecular flexibility index (Phi) is 6.67. The van der Waals surface area contributed by atoms with E-state index in [9.17, 15) is 18.0 Å². The quantitative estimate of drug-likeness (QED) is 0.427. The van der Waals surface area contributed by atoms with E-state index in [1.807, 2.05) is 6.07 Å². The van der Waals surface area contributed by atoms with Crippen LogP contribution in [0.2, 0.25) is 0 Å². The van der Waals surface area contributed by atoms with Gasteiger partial charge in [-0.2, -0.15) is 0 Å². The van der Waals surface area contributed by atoms with Gasteiger partial charge in [-0.25, -0.2) is 8.42 Å². The lowest BCUT2D eigenvalue weighted by molar-refractivity contribution is 0.102. The molecule has 3 rings (SSSR count). The number of benzene rings is 3. The van der Waals surface area contributed by atoms with Crippen LogP contribution in [0.3, 0.4) is 0 Å². The molecule has 0 spiro atoms. The lowest BCUT2D eigenvalue weighted by Crippen LogP contribution is -2.29. The van der Waals surface area contributed by atoms with E-state index in [1.54, 1.807) is 60.7 Å². The van der Waals surface area contributed by atoms with Gasteiger partial charge in [-0.1, -0.05) is 48.5 Å². The summed E-state index contributed by atoms with van der Waals surface area (Å²) in [6.45, 7) is 3.70. The molecule has 0 aliphatic carbocycles. The molecule has 0 bridgehead atoms. The van der Waals surface area contributed by atoms with E-state index in [4.69, 9.17) is 0 Å². The van der Waals surface area contributed by atoms with Crippen LogP contribution in [0.5, 0.6) is 0 Å². The topological polar surface area (TPSA) is 83.6 Å². The Balaban J connectivity index is 1.83. The number of amides is 1. The summed E-state index contributed by atoms with van der Waals surface area (Å²) in [7, 11) is -3.48. The van der Waals surface area contributed by atoms with Gasteiger partial charge in [0.25, 0.3) is 5.91 Å². The maximum Gasteiger partial charge on any atom is 0.255 e. The molecule has 0 radical (unpaired) electrons. The molecular weight excluding hydrogens is 412 g/mol. The Bertz CT molecular complexity index is 1200. The van der Waals surface area contributed by atoms with Crippen LogP contribution in [0, 0.1) is 0 Å². The Labute approximate surface area is 181 Å². The summed E-state index contributed by atoms with van der Waals surface area (Å²) < 4.78 is 25.1. The van der Waals surface area contributed by atoms with Gasteiger partial charge in [0.1, 0.15) is 0 Å². The minimum absolute atomic E-state index is 0.124. The molecule has 1 amide bonds. The van der Waals surface area contributed by atoms with E-state index in [0.29, 0.717) is 28.1 Å². The summed E-state index contributed by atoms with van der Waals surface area (Å²) in [6, 6.07) is 21.8. The molecular formula is C24H22N2O4S. The zero-order valence-electron chi connectivity index (χ0n) is 17.0. The minimum Gasteiger partial charge on any atom is -0.321 e. The van der Waals surface area contributed by atoms with Gasteiger partial charge < -0.3 is 5.32 Å². The van der Waals surface area contributed by atoms with Crippen molar-refractivity contribution >= 4 is 33.1 Å². The first-order valence-electron chi connectivity index (χ1n) is 9.50. The van der Waals surface area contributed by atoms with Crippen LogP contribution in [-0.4, -0.2) is 32.9 Å². The highest BCUT2D eigenvalue weighted by Gasteiger charge is 2.18. The Morgan fingerprint density at radius 2 is 1.52 bits per heavy atom. The molecule has 0 saturated carbocycles. The van der Waals surface area contributed by atoms with Gasteiger partial charge >= 0.3 is 0 Å². The van der Waals surface area contributed by atoms with Crippen molar-refractivity contribution in [3.63, 3.8) is 0 Å². The van der Waals surface area contributed by atoms with Crippen molar-refractivity contribution in [3.8, 4) is 0 Å². The van der Waals surface area contributed by atoms with Crippen molar-refractivity contribution in [2.75, 3.05) is 22.4 Å². The molecule has 6 nitrogen and oxygen atoms in total. The Morgan fingerprint density at radius 3 is 2.13 bits per heavy atom. The number of rotatable bonds is 8. The van der Waals surface area contributed by atoms with Crippen molar-refractivity contribution in [2.45, 2.75) is 0 Å². The molecule has 0 atom stereocenters. The molecule has 3 aromatic rings. The van der Waals surface area contributed by atoms with Crippen LogP contribution < -0.4 is 9.62 Å². The lowest BCUT2D eigenvalue weighted by Gasteiger charge is -2.20. The number of sulfonamides is 1. The van der Waals surface area contributed by atoms with Gasteiger partial charge in [0.15, 0.2) is 5.78 Å². The number of hydrogen-bond acceptors (Lipinski definition) is 4. The first-order valence-corrected chi connectivity index (χ1v) is 11.3. The van der Waals surface area contributed by atoms with Crippen LogP contribution in [0.25, 0.3) is 0 Å². The average molecular weight is 435 g/mol. The van der Waals surface area contributed by atoms with Crippen molar-refractivity contribution in [2.24, 2.45) is 0 Å². The molecule has 0 unspecified atom stereocenters. The molecule has 0 aliphatic heterocycles. The summed E-state index contributed by atoms with van der Waals surface area (Å²) in [4.78, 5) is 25.6. The number of carbonyl (C=O) groups excluding carboxylic acids is 2. The standard InChI is InChI=1S/C24H22N2O4S/c1-3-17-26(31(2,29)30)20-15-13-19(14-16-20)24(28)25-22-12-8-7-11-21(22)23(27)18-9-5-4-6-10-18/h3-16H,1,17H2,2H3,(H,25,28). The van der Waals surface area contributed by atoms with Gasteiger partial charge in [-0.05, 0) is 36.4 Å². The largest absolute Gasteiger partial charge is 0.321 e. The van der Waals surface area contributed by atoms with E-state index >= 15 is 0 Å². The van der Waals surface area contributed by atoms with Crippen LogP contribution in [-0.2, 0) is 10.0 Å². The fourth-order valence-corrected chi connectivity index (χ4v) is 3.94. The third kappa shape index (κ3) is 5.26. The number of hydrogen-bond donors (Lipinski definition) is 1. The molecule has 0 saturated heterocycles. The van der Waals surface area contributed by atoms with Crippen molar-refractivity contribution in [1.29, 1.82) is 0 Å². The van der Waals surface area contributed by atoms with Gasteiger partial charge in [0, 0.05) is 16.7 Å². The summed E-state index contributed by atoms with van der Waals surface area (Å²) in [5.74, 6) is -0.602. The number of nitrogens with one attached hydrogen (secondary N) is 1. The SMILES string of the molecule is C=CCN(c1ccc(C(=O)Nc2ccccc2C(=O)c2ccccc2)cc1)S(C)(=O)=O. The van der Waals surface area contributed by atoms with E-state index in [2.05, 4.69) is 11.9 Å². The molecule has 0 fully saturated rings. The van der Waals surface area contributed by atoms with Crippen LogP contribution in [0.4, 0.5) is 11.4 Å². The third-order valence-electron chi connectivity index (χ3n) is 4.57. The highest BCUT2D eigenvalue weighted by molar-refractivity contribution is 7.92. The van der Waals surface area contributed by atoms with Crippen molar-refractivity contribution < 1.29 is 18.0 Å². The molecule has 158 valence electrons. The third-order valence-corrected chi connectivity index (χ3v) is 5.73. The predicted molar refractivity (Wildman–Crippen MR) is 123 cm³/mol. The highest BCUT2D eigenvalue weighted by Crippen LogP contribution is 2.22. The second kappa shape index (κ2) is 9.40. The van der Waals surface area contributed by atoms with E-state index in [1.165, 1.54) is 22.5 Å². The summed E-state index contributed by atoms with van der Waals surface area (Å²) >= 11 is 0. The first kappa shape index (κ1) is 22.0. The number of carbonyl (C=O) groups is 2. The van der Waals surface area contributed by atoms with Gasteiger partial charge in [0.05, 0.1) is 24.2 Å². The molecule has 1 N–H and O–H groups in total. The molecule has 0 aromatic heterocycles. The second-order valence-corrected chi connectivity index (χ2v) is 8.73. The molecule has 0 heterocycles. The highest BCUT2D eigenvalue weighted by atomic mass is 32.2. The number of ketones is 1. The zero-order valence-corrected chi connectivity index (χ0v) is 17.8. The Morgan fingerprint density at radius 1 is 0.903 bits per heavy atom. The maximum atomic E-state index is 12.8. The zero-order chi connectivity index (χ0) is 22.4. The van der Waals surface area contributed by atoms with E-state index < -0.39 is 15.9 Å². The summed E-state index contributed by atoms with van der Waals surface area (Å²) in [5, 5.41) is 2.77. The number of para-hydroxylation sites is 1. The molecule has 31 heavy (non-hydrogen) atoms. The van der Waals surface area contributed by atoms with Crippen LogP contribution in [0.15, 0.2) is 91.5 Å². The van der Waals surface area contributed by atoms with Crippen LogP contribution in [0.1, 0.15) is 26.3 Å². The van der Waals surface area contributed by atoms with Gasteiger partial charge in [0.2, 0.25) is 10.0 Å². The molecule has 0 aliphatic rings. The summed E-state index contributed by atoms with van der Waals surface area (Å²) in [5.41, 5.74) is 2.07. The lowest BCUT2D eigenvalue weighted by atomic mass is 10.0. The maximum absolute atomic E-state index is 12.8. The summed E-state index contributed by atoms with van der Waals surface area (Å²) in [6.07, 6.45) is 2.60.